The predicted molar refractivity (Wildman–Crippen MR) is 113 cm³/mol. The van der Waals surface area contributed by atoms with Gasteiger partial charge in [0.2, 0.25) is 0 Å². The highest BCUT2D eigenvalue weighted by atomic mass is 16.5. The van der Waals surface area contributed by atoms with E-state index in [1.54, 1.807) is 48.5 Å². The van der Waals surface area contributed by atoms with E-state index < -0.39 is 5.97 Å². The molecule has 4 heteroatoms. The Kier molecular flexibility index (Phi) is 7.02. The van der Waals surface area contributed by atoms with Gasteiger partial charge in [-0.05, 0) is 66.1 Å². The maximum atomic E-state index is 12.4. The van der Waals surface area contributed by atoms with E-state index in [2.05, 4.69) is 13.0 Å². The SMILES string of the molecule is CCCCCOc1ccc(C(=O)Oc2ccc(-c3ccc(C#N)cc3)cc2)cc1. The molecule has 3 rings (SSSR count). The number of unbranched alkanes of at least 4 members (excludes halogenated alkanes) is 2. The molecule has 0 amide bonds. The molecule has 0 radical (unpaired) electrons. The van der Waals surface area contributed by atoms with Crippen LogP contribution in [0.15, 0.2) is 72.8 Å². The number of hydrogen-bond acceptors (Lipinski definition) is 4. The Labute approximate surface area is 171 Å². The van der Waals surface area contributed by atoms with E-state index in [0.29, 0.717) is 23.5 Å². The molecule has 0 fully saturated rings. The third kappa shape index (κ3) is 5.70. The average Bonchev–Trinajstić information content (AvgIpc) is 2.78. The summed E-state index contributed by atoms with van der Waals surface area (Å²) in [5.74, 6) is 0.824. The van der Waals surface area contributed by atoms with Crippen LogP contribution in [-0.2, 0) is 0 Å². The van der Waals surface area contributed by atoms with Gasteiger partial charge in [-0.3, -0.25) is 0 Å². The molecule has 3 aromatic carbocycles. The van der Waals surface area contributed by atoms with Crippen molar-refractivity contribution in [1.29, 1.82) is 5.26 Å². The lowest BCUT2D eigenvalue weighted by molar-refractivity contribution is 0.0734. The highest BCUT2D eigenvalue weighted by Gasteiger charge is 2.09. The molecule has 0 heterocycles. The number of nitrogens with zero attached hydrogens (tertiary/aromatic N) is 1. The number of hydrogen-bond donors (Lipinski definition) is 0. The van der Waals surface area contributed by atoms with Crippen molar-refractivity contribution < 1.29 is 14.3 Å². The summed E-state index contributed by atoms with van der Waals surface area (Å²) in [4.78, 5) is 12.4. The van der Waals surface area contributed by atoms with E-state index in [0.717, 1.165) is 36.1 Å². The maximum Gasteiger partial charge on any atom is 0.343 e. The van der Waals surface area contributed by atoms with Crippen LogP contribution in [0.4, 0.5) is 0 Å². The average molecular weight is 385 g/mol. The van der Waals surface area contributed by atoms with Gasteiger partial charge in [-0.1, -0.05) is 44.0 Å². The van der Waals surface area contributed by atoms with Crippen molar-refractivity contribution in [2.24, 2.45) is 0 Å². The van der Waals surface area contributed by atoms with Gasteiger partial charge in [0.25, 0.3) is 0 Å². The summed E-state index contributed by atoms with van der Waals surface area (Å²) in [5, 5.41) is 8.88. The van der Waals surface area contributed by atoms with Gasteiger partial charge in [0, 0.05) is 0 Å². The fourth-order valence-electron chi connectivity index (χ4n) is 2.85. The molecule has 0 spiro atoms. The van der Waals surface area contributed by atoms with Crippen LogP contribution in [0.1, 0.15) is 42.1 Å². The minimum atomic E-state index is -0.409. The Hall–Kier alpha value is -3.58. The van der Waals surface area contributed by atoms with Crippen LogP contribution in [-0.4, -0.2) is 12.6 Å². The van der Waals surface area contributed by atoms with Crippen LogP contribution in [0.3, 0.4) is 0 Å². The fraction of sp³-hybridized carbons (Fsp3) is 0.200. The first-order valence-corrected chi connectivity index (χ1v) is 9.75. The van der Waals surface area contributed by atoms with Crippen molar-refractivity contribution in [1.82, 2.24) is 0 Å². The van der Waals surface area contributed by atoms with Gasteiger partial charge < -0.3 is 9.47 Å². The second-order valence-corrected chi connectivity index (χ2v) is 6.68. The molecule has 0 aliphatic rings. The van der Waals surface area contributed by atoms with Gasteiger partial charge in [0.15, 0.2) is 0 Å². The largest absolute Gasteiger partial charge is 0.494 e. The lowest BCUT2D eigenvalue weighted by Gasteiger charge is -2.08. The summed E-state index contributed by atoms with van der Waals surface area (Å²) in [6.45, 7) is 2.84. The molecular weight excluding hydrogens is 362 g/mol. The zero-order valence-electron chi connectivity index (χ0n) is 16.4. The first kappa shape index (κ1) is 20.2. The molecule has 0 aliphatic carbocycles. The molecule has 0 saturated carbocycles. The summed E-state index contributed by atoms with van der Waals surface area (Å²) >= 11 is 0. The van der Waals surface area contributed by atoms with Crippen molar-refractivity contribution in [3.8, 4) is 28.7 Å². The number of rotatable bonds is 8. The van der Waals surface area contributed by atoms with E-state index in [4.69, 9.17) is 14.7 Å². The fourth-order valence-corrected chi connectivity index (χ4v) is 2.85. The van der Waals surface area contributed by atoms with Crippen LogP contribution in [0.25, 0.3) is 11.1 Å². The van der Waals surface area contributed by atoms with Gasteiger partial charge in [-0.25, -0.2) is 4.79 Å². The molecule has 0 bridgehead atoms. The van der Waals surface area contributed by atoms with Gasteiger partial charge in [-0.2, -0.15) is 5.26 Å². The molecule has 0 aromatic heterocycles. The quantitative estimate of drug-likeness (QED) is 0.270. The zero-order chi connectivity index (χ0) is 20.5. The molecule has 146 valence electrons. The molecule has 0 aliphatic heterocycles. The van der Waals surface area contributed by atoms with E-state index in [-0.39, 0.29) is 0 Å². The Morgan fingerprint density at radius 2 is 1.41 bits per heavy atom. The standard InChI is InChI=1S/C25H23NO3/c1-2-3-4-17-28-23-13-11-22(12-14-23)25(27)29-24-15-9-21(10-16-24)20-7-5-19(18-26)6-8-20/h5-16H,2-4,17H2,1H3. The number of nitriles is 1. The number of ether oxygens (including phenoxy) is 2. The van der Waals surface area contributed by atoms with Crippen LogP contribution < -0.4 is 9.47 Å². The van der Waals surface area contributed by atoms with Crippen LogP contribution >= 0.6 is 0 Å². The summed E-state index contributed by atoms with van der Waals surface area (Å²) in [7, 11) is 0. The minimum Gasteiger partial charge on any atom is -0.494 e. The van der Waals surface area contributed by atoms with Crippen molar-refractivity contribution in [2.45, 2.75) is 26.2 Å². The topological polar surface area (TPSA) is 59.3 Å². The lowest BCUT2D eigenvalue weighted by Crippen LogP contribution is -2.08. The van der Waals surface area contributed by atoms with Crippen LogP contribution in [0, 0.1) is 11.3 Å². The molecule has 29 heavy (non-hydrogen) atoms. The Balaban J connectivity index is 1.58. The molecule has 0 saturated heterocycles. The first-order chi connectivity index (χ1) is 14.2. The number of benzene rings is 3. The summed E-state index contributed by atoms with van der Waals surface area (Å²) < 4.78 is 11.1. The second-order valence-electron chi connectivity index (χ2n) is 6.68. The highest BCUT2D eigenvalue weighted by molar-refractivity contribution is 5.91. The predicted octanol–water partition coefficient (Wildman–Crippen LogP) is 6.01. The third-order valence-electron chi connectivity index (χ3n) is 4.52. The normalized spacial score (nSPS) is 10.2. The monoisotopic (exact) mass is 385 g/mol. The van der Waals surface area contributed by atoms with E-state index in [1.165, 1.54) is 0 Å². The van der Waals surface area contributed by atoms with Crippen molar-refractivity contribution >= 4 is 5.97 Å². The van der Waals surface area contributed by atoms with Gasteiger partial charge in [0.05, 0.1) is 23.8 Å². The van der Waals surface area contributed by atoms with E-state index in [9.17, 15) is 4.79 Å². The van der Waals surface area contributed by atoms with Crippen molar-refractivity contribution in [3.05, 3.63) is 83.9 Å². The zero-order valence-corrected chi connectivity index (χ0v) is 16.4. The van der Waals surface area contributed by atoms with Gasteiger partial charge in [-0.15, -0.1) is 0 Å². The summed E-state index contributed by atoms with van der Waals surface area (Å²) in [6, 6.07) is 23.7. The number of carbonyl (C=O) groups is 1. The molecular formula is C25H23NO3. The highest BCUT2D eigenvalue weighted by Crippen LogP contribution is 2.23. The Bertz CT molecular complexity index is 969. The van der Waals surface area contributed by atoms with Crippen molar-refractivity contribution in [2.75, 3.05) is 6.61 Å². The summed E-state index contributed by atoms with van der Waals surface area (Å²) in [5.41, 5.74) is 3.08. The molecule has 3 aromatic rings. The lowest BCUT2D eigenvalue weighted by atomic mass is 10.0. The van der Waals surface area contributed by atoms with E-state index in [1.807, 2.05) is 24.3 Å². The van der Waals surface area contributed by atoms with Crippen LogP contribution in [0.5, 0.6) is 11.5 Å². The van der Waals surface area contributed by atoms with Crippen molar-refractivity contribution in [3.63, 3.8) is 0 Å². The van der Waals surface area contributed by atoms with E-state index >= 15 is 0 Å². The summed E-state index contributed by atoms with van der Waals surface area (Å²) in [6.07, 6.45) is 3.33. The maximum absolute atomic E-state index is 12.4. The number of esters is 1. The minimum absolute atomic E-state index is 0.409. The molecule has 4 nitrogen and oxygen atoms in total. The molecule has 0 N–H and O–H groups in total. The third-order valence-corrected chi connectivity index (χ3v) is 4.52. The smallest absolute Gasteiger partial charge is 0.343 e. The second kappa shape index (κ2) is 10.1. The molecule has 0 unspecified atom stereocenters. The number of carbonyl (C=O) groups excluding carboxylic acids is 1. The first-order valence-electron chi connectivity index (χ1n) is 9.75. The Morgan fingerprint density at radius 3 is 2.00 bits per heavy atom. The van der Waals surface area contributed by atoms with Gasteiger partial charge in [0.1, 0.15) is 11.5 Å². The van der Waals surface area contributed by atoms with Crippen LogP contribution in [0.2, 0.25) is 0 Å². The Morgan fingerprint density at radius 1 is 0.828 bits per heavy atom. The molecule has 0 atom stereocenters. The van der Waals surface area contributed by atoms with Gasteiger partial charge >= 0.3 is 5.97 Å².